The van der Waals surface area contributed by atoms with E-state index in [4.69, 9.17) is 0 Å². The Morgan fingerprint density at radius 1 is 1.50 bits per heavy atom. The zero-order valence-corrected chi connectivity index (χ0v) is 6.94. The first-order chi connectivity index (χ1) is 5.33. The normalized spacial score (nSPS) is 14.4. The van der Waals surface area contributed by atoms with Crippen molar-refractivity contribution >= 4 is 5.78 Å². The van der Waals surface area contributed by atoms with Gasteiger partial charge in [-0.1, -0.05) is 6.92 Å². The molecule has 0 radical (unpaired) electrons. The molecule has 0 aliphatic rings. The van der Waals surface area contributed by atoms with E-state index in [0.29, 0.717) is 0 Å². The van der Waals surface area contributed by atoms with E-state index in [9.17, 15) is 18.0 Å². The van der Waals surface area contributed by atoms with Crippen LogP contribution >= 0.6 is 0 Å². The molecule has 0 amide bonds. The molecule has 0 aromatic carbocycles. The van der Waals surface area contributed by atoms with Gasteiger partial charge in [-0.2, -0.15) is 0 Å². The summed E-state index contributed by atoms with van der Waals surface area (Å²) >= 11 is 0. The van der Waals surface area contributed by atoms with Crippen molar-refractivity contribution in [2.75, 3.05) is 6.61 Å². The Labute approximate surface area is 68.7 Å². The Morgan fingerprint density at radius 2 is 2.00 bits per heavy atom. The zero-order valence-electron chi connectivity index (χ0n) is 6.94. The number of hydrogen-bond acceptors (Lipinski definition) is 2. The number of rotatable bonds is 4. The molecule has 12 heavy (non-hydrogen) atoms. The topological polar surface area (TPSA) is 26.3 Å². The summed E-state index contributed by atoms with van der Waals surface area (Å²) in [6.45, 7) is 2.46. The Bertz CT molecular complexity index is 153. The molecule has 0 saturated heterocycles. The molecule has 0 fully saturated rings. The van der Waals surface area contributed by atoms with Gasteiger partial charge in [-0.25, -0.2) is 0 Å². The molecular weight excluding hydrogens is 173 g/mol. The van der Waals surface area contributed by atoms with Crippen molar-refractivity contribution in [3.05, 3.63) is 0 Å². The standard InChI is InChI=1S/C7H11F3O2/c1-5(6(2)11)3-4-12-7(8,9)10/h5H,3-4H2,1-2H3. The summed E-state index contributed by atoms with van der Waals surface area (Å²) in [4.78, 5) is 10.6. The average molecular weight is 184 g/mol. The van der Waals surface area contributed by atoms with Crippen LogP contribution in [0.3, 0.4) is 0 Å². The van der Waals surface area contributed by atoms with Crippen LogP contribution in [0.15, 0.2) is 0 Å². The van der Waals surface area contributed by atoms with Crippen molar-refractivity contribution in [1.82, 2.24) is 0 Å². The van der Waals surface area contributed by atoms with Crippen molar-refractivity contribution < 1.29 is 22.7 Å². The van der Waals surface area contributed by atoms with Crippen LogP contribution in [0.5, 0.6) is 0 Å². The first-order valence-corrected chi connectivity index (χ1v) is 3.54. The molecule has 0 N–H and O–H groups in total. The van der Waals surface area contributed by atoms with Crippen molar-refractivity contribution in [2.45, 2.75) is 26.6 Å². The lowest BCUT2D eigenvalue weighted by molar-refractivity contribution is -0.325. The highest BCUT2D eigenvalue weighted by molar-refractivity contribution is 5.77. The molecule has 0 aliphatic heterocycles. The molecular formula is C7H11F3O2. The number of hydrogen-bond donors (Lipinski definition) is 0. The highest BCUT2D eigenvalue weighted by Crippen LogP contribution is 2.17. The lowest BCUT2D eigenvalue weighted by Gasteiger charge is -2.09. The predicted octanol–water partition coefficient (Wildman–Crippen LogP) is 2.14. The molecule has 0 heterocycles. The van der Waals surface area contributed by atoms with Gasteiger partial charge >= 0.3 is 6.36 Å². The Hall–Kier alpha value is -0.580. The van der Waals surface area contributed by atoms with E-state index in [1.807, 2.05) is 0 Å². The van der Waals surface area contributed by atoms with Crippen LogP contribution in [0.2, 0.25) is 0 Å². The second-order valence-electron chi connectivity index (χ2n) is 2.59. The minimum absolute atomic E-state index is 0.106. The lowest BCUT2D eigenvalue weighted by atomic mass is 10.1. The minimum atomic E-state index is -4.59. The molecule has 0 aromatic heterocycles. The Morgan fingerprint density at radius 3 is 2.33 bits per heavy atom. The molecule has 0 spiro atoms. The third kappa shape index (κ3) is 6.15. The zero-order chi connectivity index (χ0) is 9.78. The van der Waals surface area contributed by atoms with E-state index >= 15 is 0 Å². The van der Waals surface area contributed by atoms with Gasteiger partial charge < -0.3 is 0 Å². The Balaban J connectivity index is 3.51. The highest BCUT2D eigenvalue weighted by atomic mass is 19.4. The first-order valence-electron chi connectivity index (χ1n) is 3.54. The van der Waals surface area contributed by atoms with Crippen molar-refractivity contribution in [3.8, 4) is 0 Å². The number of carbonyl (C=O) groups excluding carboxylic acids is 1. The molecule has 0 saturated carbocycles. The van der Waals surface area contributed by atoms with E-state index in [-0.39, 0.29) is 18.1 Å². The number of carbonyl (C=O) groups is 1. The SMILES string of the molecule is CC(=O)C(C)CCOC(F)(F)F. The third-order valence-corrected chi connectivity index (χ3v) is 1.51. The van der Waals surface area contributed by atoms with Crippen LogP contribution in [-0.4, -0.2) is 18.8 Å². The quantitative estimate of drug-likeness (QED) is 0.669. The Kier molecular flexibility index (Phi) is 4.23. The molecule has 0 aliphatic carbocycles. The monoisotopic (exact) mass is 184 g/mol. The number of halogens is 3. The van der Waals surface area contributed by atoms with Crippen LogP contribution < -0.4 is 0 Å². The largest absolute Gasteiger partial charge is 0.522 e. The van der Waals surface area contributed by atoms with E-state index in [1.165, 1.54) is 6.92 Å². The number of ketones is 1. The fourth-order valence-corrected chi connectivity index (χ4v) is 0.555. The van der Waals surface area contributed by atoms with Crippen LogP contribution in [0.4, 0.5) is 13.2 Å². The van der Waals surface area contributed by atoms with Crippen molar-refractivity contribution in [3.63, 3.8) is 0 Å². The van der Waals surface area contributed by atoms with Crippen LogP contribution in [0.1, 0.15) is 20.3 Å². The summed E-state index contributed by atoms with van der Waals surface area (Å²) in [5, 5.41) is 0. The number of Topliss-reactive ketones (excluding diaryl/α,β-unsaturated/α-hetero) is 1. The smallest absolute Gasteiger partial charge is 0.300 e. The van der Waals surface area contributed by atoms with Gasteiger partial charge in [0.15, 0.2) is 0 Å². The molecule has 0 bridgehead atoms. The molecule has 1 atom stereocenters. The van der Waals surface area contributed by atoms with Gasteiger partial charge in [0.25, 0.3) is 0 Å². The van der Waals surface area contributed by atoms with Crippen LogP contribution in [0.25, 0.3) is 0 Å². The van der Waals surface area contributed by atoms with E-state index < -0.39 is 13.0 Å². The molecule has 0 rings (SSSR count). The maximum atomic E-state index is 11.4. The van der Waals surface area contributed by atoms with Crippen LogP contribution in [-0.2, 0) is 9.53 Å². The summed E-state index contributed by atoms with van der Waals surface area (Å²) in [5.41, 5.74) is 0. The molecule has 2 nitrogen and oxygen atoms in total. The fraction of sp³-hybridized carbons (Fsp3) is 0.857. The second kappa shape index (κ2) is 4.45. The maximum Gasteiger partial charge on any atom is 0.522 e. The minimum Gasteiger partial charge on any atom is -0.300 e. The van der Waals surface area contributed by atoms with Crippen molar-refractivity contribution in [1.29, 1.82) is 0 Å². The van der Waals surface area contributed by atoms with E-state index in [1.54, 1.807) is 6.92 Å². The molecule has 0 aromatic rings. The fourth-order valence-electron chi connectivity index (χ4n) is 0.555. The summed E-state index contributed by atoms with van der Waals surface area (Å²) in [7, 11) is 0. The molecule has 1 unspecified atom stereocenters. The van der Waals surface area contributed by atoms with Gasteiger partial charge in [0.2, 0.25) is 0 Å². The van der Waals surface area contributed by atoms with E-state index in [2.05, 4.69) is 4.74 Å². The lowest BCUT2D eigenvalue weighted by Crippen LogP contribution is -2.17. The average Bonchev–Trinajstić information content (AvgIpc) is 1.84. The van der Waals surface area contributed by atoms with Crippen molar-refractivity contribution in [2.24, 2.45) is 5.92 Å². The summed E-state index contributed by atoms with van der Waals surface area (Å²) < 4.78 is 37.7. The van der Waals surface area contributed by atoms with Gasteiger partial charge in [-0.3, -0.25) is 9.53 Å². The number of ether oxygens (including phenoxy) is 1. The van der Waals surface area contributed by atoms with E-state index in [0.717, 1.165) is 0 Å². The number of alkyl halides is 3. The van der Waals surface area contributed by atoms with Gasteiger partial charge in [0, 0.05) is 5.92 Å². The molecule has 5 heteroatoms. The first kappa shape index (κ1) is 11.4. The van der Waals surface area contributed by atoms with Gasteiger partial charge in [0.05, 0.1) is 6.61 Å². The highest BCUT2D eigenvalue weighted by Gasteiger charge is 2.28. The predicted molar refractivity (Wildman–Crippen MR) is 36.5 cm³/mol. The van der Waals surface area contributed by atoms with Gasteiger partial charge in [-0.05, 0) is 13.3 Å². The van der Waals surface area contributed by atoms with Gasteiger partial charge in [0.1, 0.15) is 5.78 Å². The molecule has 72 valence electrons. The summed E-state index contributed by atoms with van der Waals surface area (Å²) in [6.07, 6.45) is -4.48. The second-order valence-corrected chi connectivity index (χ2v) is 2.59. The van der Waals surface area contributed by atoms with Gasteiger partial charge in [-0.15, -0.1) is 13.2 Å². The third-order valence-electron chi connectivity index (χ3n) is 1.51. The summed E-state index contributed by atoms with van der Waals surface area (Å²) in [6, 6.07) is 0. The summed E-state index contributed by atoms with van der Waals surface area (Å²) in [5.74, 6) is -0.492. The maximum absolute atomic E-state index is 11.4. The van der Waals surface area contributed by atoms with Crippen LogP contribution in [0, 0.1) is 5.92 Å².